The molecule has 0 unspecified atom stereocenters. The fourth-order valence-corrected chi connectivity index (χ4v) is 15.0. The maximum Gasteiger partial charge on any atom is 0.319 e. The van der Waals surface area contributed by atoms with Crippen LogP contribution < -0.4 is 14.4 Å². The van der Waals surface area contributed by atoms with Crippen molar-refractivity contribution < 1.29 is 27.8 Å². The van der Waals surface area contributed by atoms with Crippen molar-refractivity contribution in [3.05, 3.63) is 41.5 Å². The van der Waals surface area contributed by atoms with Crippen LogP contribution in [0.25, 0.3) is 32.9 Å². The minimum atomic E-state index is -2.30. The van der Waals surface area contributed by atoms with Crippen LogP contribution in [0.1, 0.15) is 85.6 Å². The summed E-state index contributed by atoms with van der Waals surface area (Å²) < 4.78 is 60.3. The van der Waals surface area contributed by atoms with Crippen molar-refractivity contribution in [3.8, 4) is 40.4 Å². The number of methoxy groups -OCH3 is 1. The van der Waals surface area contributed by atoms with Crippen molar-refractivity contribution in [2.75, 3.05) is 44.8 Å². The minimum absolute atomic E-state index is 0.0135. The molecule has 7 rings (SSSR count). The molecule has 4 aromatic rings. The molecule has 288 valence electrons. The number of pyridine rings is 1. The number of rotatable bonds is 9. The zero-order valence-corrected chi connectivity index (χ0v) is 33.5. The number of nitrogens with zero attached hydrogens (tertiary/aromatic N) is 5. The fraction of sp³-hybridized carbons (Fsp3) is 0.548. The van der Waals surface area contributed by atoms with Gasteiger partial charge in [-0.2, -0.15) is 9.97 Å². The van der Waals surface area contributed by atoms with Gasteiger partial charge >= 0.3 is 6.01 Å². The van der Waals surface area contributed by atoms with E-state index in [4.69, 9.17) is 19.4 Å². The van der Waals surface area contributed by atoms with E-state index in [9.17, 15) is 9.50 Å². The van der Waals surface area contributed by atoms with E-state index in [0.29, 0.717) is 64.7 Å². The Hall–Kier alpha value is -4.08. The van der Waals surface area contributed by atoms with Crippen molar-refractivity contribution in [1.82, 2.24) is 19.9 Å². The van der Waals surface area contributed by atoms with Gasteiger partial charge in [-0.25, -0.2) is 18.2 Å². The van der Waals surface area contributed by atoms with Gasteiger partial charge in [0.25, 0.3) is 0 Å². The molecule has 5 heterocycles. The molecule has 2 aromatic heterocycles. The Bertz CT molecular complexity index is 2110. The Kier molecular flexibility index (Phi) is 10.5. The van der Waals surface area contributed by atoms with Crippen LogP contribution in [0, 0.1) is 23.1 Å². The first-order valence-corrected chi connectivity index (χ1v) is 21.7. The number of piperidine rings is 1. The summed E-state index contributed by atoms with van der Waals surface area (Å²) in [5, 5.41) is 12.1. The fourth-order valence-electron chi connectivity index (χ4n) is 9.81. The summed E-state index contributed by atoms with van der Waals surface area (Å²) in [5.74, 6) is 2.36. The Labute approximate surface area is 317 Å². The zero-order valence-electron chi connectivity index (χ0n) is 32.5. The van der Waals surface area contributed by atoms with Crippen LogP contribution in [-0.2, 0) is 0 Å². The normalized spacial score (nSPS) is 20.7. The van der Waals surface area contributed by atoms with Gasteiger partial charge in [-0.3, -0.25) is 4.90 Å². The van der Waals surface area contributed by atoms with E-state index in [1.807, 2.05) is 0 Å². The molecule has 0 spiro atoms. The molecule has 8 nitrogen and oxygen atoms in total. The van der Waals surface area contributed by atoms with E-state index < -0.39 is 31.4 Å². The third-order valence-corrected chi connectivity index (χ3v) is 18.7. The lowest BCUT2D eigenvalue weighted by Gasteiger charge is -2.38. The van der Waals surface area contributed by atoms with Crippen LogP contribution >= 0.6 is 0 Å². The summed E-state index contributed by atoms with van der Waals surface area (Å²) in [4.78, 5) is 18.5. The van der Waals surface area contributed by atoms with Gasteiger partial charge in [0.05, 0.1) is 18.2 Å². The summed E-state index contributed by atoms with van der Waals surface area (Å²) in [6.07, 6.45) is 4.15. The molecule has 3 aliphatic heterocycles. The summed E-state index contributed by atoms with van der Waals surface area (Å²) in [7, 11) is -0.837. The van der Waals surface area contributed by atoms with Gasteiger partial charge in [0.2, 0.25) is 5.88 Å². The van der Waals surface area contributed by atoms with Crippen LogP contribution in [0.15, 0.2) is 24.3 Å². The zero-order chi connectivity index (χ0) is 38.5. The molecule has 54 heavy (non-hydrogen) atoms. The van der Waals surface area contributed by atoms with E-state index in [1.165, 1.54) is 25.3 Å². The van der Waals surface area contributed by atoms with Crippen molar-refractivity contribution in [2.24, 2.45) is 0 Å². The van der Waals surface area contributed by atoms with E-state index >= 15 is 8.78 Å². The van der Waals surface area contributed by atoms with Gasteiger partial charge in [-0.1, -0.05) is 53.5 Å². The van der Waals surface area contributed by atoms with Gasteiger partial charge in [0, 0.05) is 37.0 Å². The van der Waals surface area contributed by atoms with Gasteiger partial charge < -0.3 is 19.5 Å². The smallest absolute Gasteiger partial charge is 0.319 e. The van der Waals surface area contributed by atoms with Crippen LogP contribution in [0.5, 0.6) is 17.6 Å². The van der Waals surface area contributed by atoms with E-state index in [0.717, 1.165) is 38.6 Å². The first-order chi connectivity index (χ1) is 25.8. The van der Waals surface area contributed by atoms with Gasteiger partial charge in [-0.15, -0.1) is 5.54 Å². The third kappa shape index (κ3) is 6.55. The number of halogens is 3. The molecule has 0 bridgehead atoms. The van der Waals surface area contributed by atoms with Gasteiger partial charge in [-0.05, 0) is 78.9 Å². The largest absolute Gasteiger partial charge is 0.508 e. The highest BCUT2D eigenvalue weighted by Crippen LogP contribution is 2.45. The van der Waals surface area contributed by atoms with Crippen LogP contribution in [0.2, 0.25) is 16.6 Å². The molecular formula is C42H52F3N5O3Si. The molecule has 1 N–H and O–H groups in total. The Morgan fingerprint density at radius 2 is 1.67 bits per heavy atom. The molecule has 2 aromatic carbocycles. The number of hydrogen-bond donors (Lipinski definition) is 1. The molecule has 3 aliphatic rings. The highest BCUT2D eigenvalue weighted by molar-refractivity contribution is 6.90. The molecule has 0 aliphatic carbocycles. The minimum Gasteiger partial charge on any atom is -0.508 e. The monoisotopic (exact) mass is 759 g/mol. The second kappa shape index (κ2) is 14.9. The Morgan fingerprint density at radius 3 is 2.35 bits per heavy atom. The highest BCUT2D eigenvalue weighted by atomic mass is 28.3. The average molecular weight is 760 g/mol. The number of aromatic hydroxyl groups is 1. The predicted molar refractivity (Wildman–Crippen MR) is 211 cm³/mol. The first kappa shape index (κ1) is 38.2. The highest BCUT2D eigenvalue weighted by Gasteiger charge is 2.49. The van der Waals surface area contributed by atoms with Crippen LogP contribution in [0.4, 0.5) is 19.0 Å². The lowest BCUT2D eigenvalue weighted by Crippen LogP contribution is -2.43. The number of aromatic nitrogens is 3. The maximum atomic E-state index is 17.4. The number of ether oxygens (including phenoxy) is 2. The summed E-state index contributed by atoms with van der Waals surface area (Å²) >= 11 is 0. The molecule has 2 atom stereocenters. The SMILES string of the molecule is COc1nc(-c2cc(O)cc3ccc(F)c(C#C[Si](C(C)C)(C(C)C)C(C)C)c23)c(F)c2nc(OC[C@@]34CCCN3C[C@H](F)C4)nc(N3CCCCC3)c12. The first-order valence-electron chi connectivity index (χ1n) is 19.5. The Morgan fingerprint density at radius 1 is 0.944 bits per heavy atom. The number of anilines is 1. The average Bonchev–Trinajstić information content (AvgIpc) is 3.67. The molecule has 0 saturated carbocycles. The quantitative estimate of drug-likeness (QED) is 0.134. The standard InChI is InChI=1S/C42H52F3N5O3Si/c1-25(2)54(26(3)4,27(5)6)19-14-31-33(44)13-12-28-20-30(51)21-32(34(28)31)37-36(45)38-35(40(46-37)52-7)39(49-16-9-8-10-17-49)48-41(47-38)53-24-42-15-11-18-50(42)23-29(43)22-42/h12-13,20-21,25-27,29,51H,8-11,15-18,22-24H2,1-7H3/t29-,42+/m1/s1. The van der Waals surface area contributed by atoms with E-state index in [-0.39, 0.29) is 46.6 Å². The molecule has 0 radical (unpaired) electrons. The molecule has 12 heteroatoms. The number of phenolic OH excluding ortho intramolecular Hbond substituents is 1. The van der Waals surface area contributed by atoms with E-state index in [2.05, 4.69) is 67.8 Å². The number of fused-ring (bicyclic) bond motifs is 3. The second-order valence-electron chi connectivity index (χ2n) is 16.4. The second-order valence-corrected chi connectivity index (χ2v) is 22.0. The number of hydrogen-bond acceptors (Lipinski definition) is 8. The molecule has 3 fully saturated rings. The van der Waals surface area contributed by atoms with Crippen molar-refractivity contribution in [3.63, 3.8) is 0 Å². The third-order valence-electron chi connectivity index (χ3n) is 12.4. The van der Waals surface area contributed by atoms with Crippen LogP contribution in [-0.4, -0.2) is 84.6 Å². The van der Waals surface area contributed by atoms with Crippen LogP contribution in [0.3, 0.4) is 0 Å². The number of benzene rings is 2. The number of alkyl halides is 1. The van der Waals surface area contributed by atoms with Crippen molar-refractivity contribution in [1.29, 1.82) is 0 Å². The lowest BCUT2D eigenvalue weighted by molar-refractivity contribution is 0.107. The summed E-state index contributed by atoms with van der Waals surface area (Å²) in [6.45, 7) is 15.9. The summed E-state index contributed by atoms with van der Waals surface area (Å²) in [6, 6.07) is 5.81. The molecule has 3 saturated heterocycles. The lowest BCUT2D eigenvalue weighted by atomic mass is 9.95. The van der Waals surface area contributed by atoms with Gasteiger partial charge in [0.1, 0.15) is 54.8 Å². The predicted octanol–water partition coefficient (Wildman–Crippen LogP) is 9.35. The maximum absolute atomic E-state index is 17.4. The van der Waals surface area contributed by atoms with Crippen molar-refractivity contribution >= 4 is 35.6 Å². The molecule has 0 amide bonds. The van der Waals surface area contributed by atoms with E-state index in [1.54, 1.807) is 6.07 Å². The number of phenols is 1. The topological polar surface area (TPSA) is 83.8 Å². The Balaban J connectivity index is 1.45. The molecular weight excluding hydrogens is 708 g/mol. The van der Waals surface area contributed by atoms with Crippen molar-refractivity contribution in [2.45, 2.75) is 108 Å². The summed E-state index contributed by atoms with van der Waals surface area (Å²) in [5.41, 5.74) is 4.16. The van der Waals surface area contributed by atoms with Gasteiger partial charge in [0.15, 0.2) is 5.82 Å².